The number of ether oxygens (including phenoxy) is 2. The summed E-state index contributed by atoms with van der Waals surface area (Å²) in [6.45, 7) is 3.34. The van der Waals surface area contributed by atoms with Crippen LogP contribution in [0, 0.1) is 0 Å². The number of nitrogens with zero attached hydrogens (tertiary/aromatic N) is 1. The summed E-state index contributed by atoms with van der Waals surface area (Å²) in [6.07, 6.45) is -0.0699. The van der Waals surface area contributed by atoms with Crippen molar-refractivity contribution in [2.24, 2.45) is 0 Å². The molecule has 1 aliphatic heterocycles. The molecule has 0 saturated heterocycles. The maximum absolute atomic E-state index is 12.8. The van der Waals surface area contributed by atoms with Gasteiger partial charge in [-0.1, -0.05) is 34.1 Å². The molecule has 1 aliphatic rings. The van der Waals surface area contributed by atoms with Crippen molar-refractivity contribution in [3.63, 3.8) is 0 Å². The van der Waals surface area contributed by atoms with Gasteiger partial charge in [-0.15, -0.1) is 0 Å². The van der Waals surface area contributed by atoms with E-state index in [0.29, 0.717) is 5.75 Å². The number of rotatable bonds is 5. The van der Waals surface area contributed by atoms with Crippen LogP contribution in [0.5, 0.6) is 5.75 Å². The Bertz CT molecular complexity index is 806. The molecular weight excluding hydrogens is 398 g/mol. The average Bonchev–Trinajstić information content (AvgIpc) is 2.96. The van der Waals surface area contributed by atoms with Crippen LogP contribution >= 0.6 is 15.9 Å². The number of amides is 1. The quantitative estimate of drug-likeness (QED) is 0.695. The Morgan fingerprint density at radius 1 is 1.19 bits per heavy atom. The van der Waals surface area contributed by atoms with Gasteiger partial charge in [-0.3, -0.25) is 4.79 Å². The third-order valence-electron chi connectivity index (χ3n) is 4.27. The van der Waals surface area contributed by atoms with Gasteiger partial charge in [-0.25, -0.2) is 4.79 Å². The Morgan fingerprint density at radius 3 is 2.62 bits per heavy atom. The number of esters is 1. The first-order valence-electron chi connectivity index (χ1n) is 8.44. The van der Waals surface area contributed by atoms with E-state index in [1.54, 1.807) is 24.0 Å². The molecule has 2 atom stereocenters. The van der Waals surface area contributed by atoms with Gasteiger partial charge in [0, 0.05) is 16.2 Å². The molecule has 6 heteroatoms. The molecule has 0 spiro atoms. The lowest BCUT2D eigenvalue weighted by Gasteiger charge is -2.25. The summed E-state index contributed by atoms with van der Waals surface area (Å²) >= 11 is 3.33. The Labute approximate surface area is 161 Å². The first kappa shape index (κ1) is 18.5. The molecule has 0 saturated carbocycles. The molecule has 136 valence electrons. The standard InChI is InChI=1S/C20H20BrNO4/c1-13-11-15-5-3-4-6-18(15)22(13)20(24)14(2)26-19(23)12-25-17-9-7-16(21)8-10-17/h3-10,13-14H,11-12H2,1-2H3/t13-,14+/m1/s1. The third kappa shape index (κ3) is 4.07. The molecule has 0 aliphatic carbocycles. The van der Waals surface area contributed by atoms with E-state index in [-0.39, 0.29) is 18.6 Å². The number of carbonyl (C=O) groups excluding carboxylic acids is 2. The lowest BCUT2D eigenvalue weighted by atomic mass is 10.1. The zero-order valence-electron chi connectivity index (χ0n) is 14.6. The fourth-order valence-electron chi connectivity index (χ4n) is 3.05. The van der Waals surface area contributed by atoms with Crippen molar-refractivity contribution in [3.8, 4) is 5.75 Å². The molecule has 0 aromatic heterocycles. The molecule has 2 aromatic rings. The molecule has 3 rings (SSSR count). The second-order valence-corrected chi connectivity index (χ2v) is 7.18. The fourth-order valence-corrected chi connectivity index (χ4v) is 3.32. The number of para-hydroxylation sites is 1. The SMILES string of the molecule is C[C@H](OC(=O)COc1ccc(Br)cc1)C(=O)N1c2ccccc2C[C@H]1C. The predicted octanol–water partition coefficient (Wildman–Crippen LogP) is 3.74. The zero-order valence-corrected chi connectivity index (χ0v) is 16.2. The van der Waals surface area contributed by atoms with Crippen LogP contribution in [0.3, 0.4) is 0 Å². The van der Waals surface area contributed by atoms with E-state index in [1.807, 2.05) is 43.3 Å². The van der Waals surface area contributed by atoms with Crippen LogP contribution in [0.1, 0.15) is 19.4 Å². The van der Waals surface area contributed by atoms with Crippen molar-refractivity contribution in [1.82, 2.24) is 0 Å². The van der Waals surface area contributed by atoms with Gasteiger partial charge in [0.05, 0.1) is 0 Å². The normalized spacial score (nSPS) is 16.7. The molecule has 0 radical (unpaired) electrons. The van der Waals surface area contributed by atoms with E-state index in [1.165, 1.54) is 0 Å². The van der Waals surface area contributed by atoms with Crippen LogP contribution in [0.4, 0.5) is 5.69 Å². The van der Waals surface area contributed by atoms with Gasteiger partial charge in [-0.05, 0) is 56.2 Å². The largest absolute Gasteiger partial charge is 0.482 e. The highest BCUT2D eigenvalue weighted by Crippen LogP contribution is 2.32. The van der Waals surface area contributed by atoms with Crippen LogP contribution in [0.25, 0.3) is 0 Å². The third-order valence-corrected chi connectivity index (χ3v) is 4.80. The Kier molecular flexibility index (Phi) is 5.61. The van der Waals surface area contributed by atoms with E-state index in [2.05, 4.69) is 15.9 Å². The number of hydrogen-bond acceptors (Lipinski definition) is 4. The lowest BCUT2D eigenvalue weighted by molar-refractivity contribution is -0.155. The van der Waals surface area contributed by atoms with E-state index in [0.717, 1.165) is 22.1 Å². The minimum Gasteiger partial charge on any atom is -0.482 e. The average molecular weight is 418 g/mol. The Balaban J connectivity index is 1.57. The second-order valence-electron chi connectivity index (χ2n) is 6.26. The molecule has 26 heavy (non-hydrogen) atoms. The van der Waals surface area contributed by atoms with Gasteiger partial charge < -0.3 is 14.4 Å². The molecule has 1 heterocycles. The predicted molar refractivity (Wildman–Crippen MR) is 102 cm³/mol. The van der Waals surface area contributed by atoms with E-state index in [9.17, 15) is 9.59 Å². The van der Waals surface area contributed by atoms with Crippen LogP contribution in [0.15, 0.2) is 53.0 Å². The topological polar surface area (TPSA) is 55.8 Å². The molecule has 0 N–H and O–H groups in total. The van der Waals surface area contributed by atoms with Gasteiger partial charge in [0.2, 0.25) is 0 Å². The van der Waals surface area contributed by atoms with Crippen molar-refractivity contribution >= 4 is 33.5 Å². The molecule has 0 fully saturated rings. The molecular formula is C20H20BrNO4. The minimum atomic E-state index is -0.871. The summed E-state index contributed by atoms with van der Waals surface area (Å²) in [5, 5.41) is 0. The molecule has 0 bridgehead atoms. The molecule has 2 aromatic carbocycles. The van der Waals surface area contributed by atoms with E-state index < -0.39 is 12.1 Å². The summed E-state index contributed by atoms with van der Waals surface area (Å²) in [5.74, 6) is -0.237. The molecule has 0 unspecified atom stereocenters. The summed E-state index contributed by atoms with van der Waals surface area (Å²) < 4.78 is 11.6. The van der Waals surface area contributed by atoms with Crippen molar-refractivity contribution in [2.45, 2.75) is 32.4 Å². The van der Waals surface area contributed by atoms with Crippen molar-refractivity contribution < 1.29 is 19.1 Å². The van der Waals surface area contributed by atoms with Crippen LogP contribution in [-0.4, -0.2) is 30.6 Å². The second kappa shape index (κ2) is 7.91. The van der Waals surface area contributed by atoms with Crippen LogP contribution in [0.2, 0.25) is 0 Å². The monoisotopic (exact) mass is 417 g/mol. The maximum atomic E-state index is 12.8. The highest BCUT2D eigenvalue weighted by molar-refractivity contribution is 9.10. The van der Waals surface area contributed by atoms with Gasteiger partial charge >= 0.3 is 5.97 Å². The number of fused-ring (bicyclic) bond motifs is 1. The lowest BCUT2D eigenvalue weighted by Crippen LogP contribution is -2.43. The number of carbonyl (C=O) groups is 2. The number of halogens is 1. The smallest absolute Gasteiger partial charge is 0.344 e. The Hall–Kier alpha value is -2.34. The van der Waals surface area contributed by atoms with Gasteiger partial charge in [0.15, 0.2) is 12.7 Å². The highest BCUT2D eigenvalue weighted by atomic mass is 79.9. The summed E-state index contributed by atoms with van der Waals surface area (Å²) in [6, 6.07) is 15.0. The highest BCUT2D eigenvalue weighted by Gasteiger charge is 2.34. The Morgan fingerprint density at radius 2 is 1.88 bits per heavy atom. The number of anilines is 1. The van der Waals surface area contributed by atoms with E-state index >= 15 is 0 Å². The number of hydrogen-bond donors (Lipinski definition) is 0. The first-order chi connectivity index (χ1) is 12.5. The summed E-state index contributed by atoms with van der Waals surface area (Å²) in [7, 11) is 0. The number of benzene rings is 2. The van der Waals surface area contributed by atoms with Gasteiger partial charge in [-0.2, -0.15) is 0 Å². The minimum absolute atomic E-state index is 0.0417. The first-order valence-corrected chi connectivity index (χ1v) is 9.24. The fraction of sp³-hybridized carbons (Fsp3) is 0.300. The van der Waals surface area contributed by atoms with E-state index in [4.69, 9.17) is 9.47 Å². The summed E-state index contributed by atoms with van der Waals surface area (Å²) in [4.78, 5) is 26.5. The molecule has 5 nitrogen and oxygen atoms in total. The zero-order chi connectivity index (χ0) is 18.7. The van der Waals surface area contributed by atoms with Gasteiger partial charge in [0.1, 0.15) is 5.75 Å². The van der Waals surface area contributed by atoms with Crippen LogP contribution in [-0.2, 0) is 20.7 Å². The van der Waals surface area contributed by atoms with Gasteiger partial charge in [0.25, 0.3) is 5.91 Å². The van der Waals surface area contributed by atoms with Crippen molar-refractivity contribution in [2.75, 3.05) is 11.5 Å². The van der Waals surface area contributed by atoms with Crippen molar-refractivity contribution in [3.05, 3.63) is 58.6 Å². The maximum Gasteiger partial charge on any atom is 0.344 e. The summed E-state index contributed by atoms with van der Waals surface area (Å²) in [5.41, 5.74) is 2.02. The van der Waals surface area contributed by atoms with Crippen LogP contribution < -0.4 is 9.64 Å². The van der Waals surface area contributed by atoms with Crippen molar-refractivity contribution in [1.29, 1.82) is 0 Å². The molecule has 1 amide bonds.